The molecule has 0 bridgehead atoms. The van der Waals surface area contributed by atoms with Crippen molar-refractivity contribution in [2.24, 2.45) is 0 Å². The largest absolute Gasteiger partial charge is 0.507 e. The molecule has 1 aliphatic rings. The molecule has 4 rings (SSSR count). The maximum absolute atomic E-state index is 13.4. The SMILES string of the molecule is COc1ccc(/C(O)=C2/C(=O)C(=O)N(c3cccc(C(F)(F)F)c3)C2c2ccc(O)c(OC)c2)cc1. The van der Waals surface area contributed by atoms with Gasteiger partial charge in [-0.3, -0.25) is 14.5 Å². The van der Waals surface area contributed by atoms with Crippen LogP contribution in [-0.4, -0.2) is 36.1 Å². The van der Waals surface area contributed by atoms with Gasteiger partial charge in [0.15, 0.2) is 11.5 Å². The average molecular weight is 499 g/mol. The zero-order valence-electron chi connectivity index (χ0n) is 19.0. The molecule has 0 aromatic heterocycles. The van der Waals surface area contributed by atoms with Crippen LogP contribution in [0, 0.1) is 0 Å². The van der Waals surface area contributed by atoms with Gasteiger partial charge in [0.2, 0.25) is 0 Å². The molecule has 0 aliphatic carbocycles. The third kappa shape index (κ3) is 4.33. The lowest BCUT2D eigenvalue weighted by Gasteiger charge is -2.26. The molecule has 1 aliphatic heterocycles. The summed E-state index contributed by atoms with van der Waals surface area (Å²) in [6, 6.07) is 12.7. The van der Waals surface area contributed by atoms with E-state index in [-0.39, 0.29) is 33.9 Å². The molecule has 10 heteroatoms. The number of Topliss-reactive ketones (excluding diaryl/α,β-unsaturated/α-hetero) is 1. The minimum Gasteiger partial charge on any atom is -0.507 e. The highest BCUT2D eigenvalue weighted by molar-refractivity contribution is 6.51. The van der Waals surface area contributed by atoms with Crippen molar-refractivity contribution < 1.29 is 42.4 Å². The predicted octanol–water partition coefficient (Wildman–Crippen LogP) is 5.05. The number of phenolic OH excluding ortho intramolecular Hbond substituents is 1. The lowest BCUT2D eigenvalue weighted by Crippen LogP contribution is -2.29. The van der Waals surface area contributed by atoms with E-state index in [4.69, 9.17) is 9.47 Å². The van der Waals surface area contributed by atoms with Crippen molar-refractivity contribution in [3.05, 3.63) is 89.0 Å². The molecule has 1 atom stereocenters. The van der Waals surface area contributed by atoms with E-state index in [1.165, 1.54) is 62.8 Å². The second-order valence-corrected chi connectivity index (χ2v) is 7.88. The first-order valence-corrected chi connectivity index (χ1v) is 10.6. The number of ketones is 1. The van der Waals surface area contributed by atoms with Gasteiger partial charge in [-0.2, -0.15) is 13.2 Å². The van der Waals surface area contributed by atoms with Crippen molar-refractivity contribution in [2.75, 3.05) is 19.1 Å². The molecular weight excluding hydrogens is 479 g/mol. The van der Waals surface area contributed by atoms with Crippen LogP contribution in [0.1, 0.15) is 22.7 Å². The van der Waals surface area contributed by atoms with Gasteiger partial charge in [0, 0.05) is 11.3 Å². The number of phenols is 1. The number of ether oxygens (including phenoxy) is 2. The van der Waals surface area contributed by atoms with E-state index < -0.39 is 35.2 Å². The van der Waals surface area contributed by atoms with E-state index in [1.54, 1.807) is 0 Å². The number of hydrogen-bond acceptors (Lipinski definition) is 6. The van der Waals surface area contributed by atoms with E-state index >= 15 is 0 Å². The Morgan fingerprint density at radius 1 is 0.944 bits per heavy atom. The Morgan fingerprint density at radius 2 is 1.64 bits per heavy atom. The van der Waals surface area contributed by atoms with E-state index in [0.717, 1.165) is 23.1 Å². The molecule has 3 aromatic carbocycles. The zero-order valence-corrected chi connectivity index (χ0v) is 19.0. The van der Waals surface area contributed by atoms with Crippen LogP contribution in [0.5, 0.6) is 17.2 Å². The normalized spacial score (nSPS) is 17.4. The quantitative estimate of drug-likeness (QED) is 0.290. The highest BCUT2D eigenvalue weighted by Gasteiger charge is 2.47. The van der Waals surface area contributed by atoms with Crippen molar-refractivity contribution >= 4 is 23.1 Å². The molecule has 186 valence electrons. The first-order chi connectivity index (χ1) is 17.1. The summed E-state index contributed by atoms with van der Waals surface area (Å²) in [6.45, 7) is 0. The Hall–Kier alpha value is -4.47. The monoisotopic (exact) mass is 499 g/mol. The Kier molecular flexibility index (Phi) is 6.36. The molecule has 2 N–H and O–H groups in total. The van der Waals surface area contributed by atoms with Crippen LogP contribution in [0.15, 0.2) is 72.3 Å². The standard InChI is InChI=1S/C26H20F3NO6/c1-35-18-9-6-14(7-10-18)23(32)21-22(15-8-11-19(31)20(12-15)36-2)30(25(34)24(21)33)17-5-3-4-16(13-17)26(27,28)29/h3-13,22,31-32H,1-2H3/b23-21-. The summed E-state index contributed by atoms with van der Waals surface area (Å²) in [5.74, 6) is -2.48. The smallest absolute Gasteiger partial charge is 0.416 e. The highest BCUT2D eigenvalue weighted by atomic mass is 19.4. The summed E-state index contributed by atoms with van der Waals surface area (Å²) < 4.78 is 50.4. The first kappa shape index (κ1) is 24.6. The van der Waals surface area contributed by atoms with Crippen LogP contribution in [0.3, 0.4) is 0 Å². The van der Waals surface area contributed by atoms with Crippen LogP contribution in [0.2, 0.25) is 0 Å². The van der Waals surface area contributed by atoms with E-state index in [9.17, 15) is 33.0 Å². The third-order valence-corrected chi connectivity index (χ3v) is 5.78. The Balaban J connectivity index is 1.96. The first-order valence-electron chi connectivity index (χ1n) is 10.6. The van der Waals surface area contributed by atoms with Crippen LogP contribution in [0.4, 0.5) is 18.9 Å². The second-order valence-electron chi connectivity index (χ2n) is 7.88. The highest BCUT2D eigenvalue weighted by Crippen LogP contribution is 2.45. The van der Waals surface area contributed by atoms with Gasteiger partial charge in [0.1, 0.15) is 11.5 Å². The summed E-state index contributed by atoms with van der Waals surface area (Å²) in [6.07, 6.45) is -4.69. The molecule has 3 aromatic rings. The number of methoxy groups -OCH3 is 2. The number of aliphatic hydroxyl groups excluding tert-OH is 1. The van der Waals surface area contributed by atoms with Crippen molar-refractivity contribution in [1.29, 1.82) is 0 Å². The Labute approximate surface area is 203 Å². The summed E-state index contributed by atoms with van der Waals surface area (Å²) >= 11 is 0. The van der Waals surface area contributed by atoms with Crippen LogP contribution >= 0.6 is 0 Å². The molecule has 0 saturated carbocycles. The zero-order chi connectivity index (χ0) is 26.2. The molecular formula is C26H20F3NO6. The van der Waals surface area contributed by atoms with Gasteiger partial charge in [-0.15, -0.1) is 0 Å². The van der Waals surface area contributed by atoms with Crippen molar-refractivity contribution in [3.63, 3.8) is 0 Å². The van der Waals surface area contributed by atoms with Crippen LogP contribution < -0.4 is 14.4 Å². The molecule has 7 nitrogen and oxygen atoms in total. The van der Waals surface area contributed by atoms with Gasteiger partial charge >= 0.3 is 6.18 Å². The summed E-state index contributed by atoms with van der Waals surface area (Å²) in [4.78, 5) is 27.2. The third-order valence-electron chi connectivity index (χ3n) is 5.78. The number of aliphatic hydroxyl groups is 1. The number of nitrogens with zero attached hydrogens (tertiary/aromatic N) is 1. The number of aromatic hydroxyl groups is 1. The fraction of sp³-hybridized carbons (Fsp3) is 0.154. The number of amides is 1. The van der Waals surface area contributed by atoms with E-state index in [1.807, 2.05) is 0 Å². The lowest BCUT2D eigenvalue weighted by molar-refractivity contribution is -0.137. The number of rotatable bonds is 5. The summed E-state index contributed by atoms with van der Waals surface area (Å²) in [5, 5.41) is 21.1. The van der Waals surface area contributed by atoms with Gasteiger partial charge in [-0.05, 0) is 60.2 Å². The maximum atomic E-state index is 13.4. The molecule has 36 heavy (non-hydrogen) atoms. The fourth-order valence-electron chi connectivity index (χ4n) is 4.02. The van der Waals surface area contributed by atoms with Crippen LogP contribution in [0.25, 0.3) is 5.76 Å². The number of carbonyl (C=O) groups excluding carboxylic acids is 2. The van der Waals surface area contributed by atoms with Gasteiger partial charge in [-0.1, -0.05) is 12.1 Å². The van der Waals surface area contributed by atoms with Crippen molar-refractivity contribution in [3.8, 4) is 17.2 Å². The molecule has 1 fully saturated rings. The van der Waals surface area contributed by atoms with Gasteiger partial charge in [0.05, 0.1) is 31.4 Å². The summed E-state index contributed by atoms with van der Waals surface area (Å²) in [7, 11) is 2.74. The lowest BCUT2D eigenvalue weighted by atomic mass is 9.94. The molecule has 1 amide bonds. The van der Waals surface area contributed by atoms with Crippen molar-refractivity contribution in [1.82, 2.24) is 0 Å². The van der Waals surface area contributed by atoms with E-state index in [2.05, 4.69) is 0 Å². The minimum absolute atomic E-state index is 0.00609. The molecule has 0 spiro atoms. The summed E-state index contributed by atoms with van der Waals surface area (Å²) in [5.41, 5.74) is -1.14. The molecule has 1 unspecified atom stereocenters. The Morgan fingerprint density at radius 3 is 2.25 bits per heavy atom. The van der Waals surface area contributed by atoms with Gasteiger partial charge < -0.3 is 19.7 Å². The van der Waals surface area contributed by atoms with Crippen molar-refractivity contribution in [2.45, 2.75) is 12.2 Å². The van der Waals surface area contributed by atoms with Gasteiger partial charge in [0.25, 0.3) is 11.7 Å². The predicted molar refractivity (Wildman–Crippen MR) is 124 cm³/mol. The molecule has 0 radical (unpaired) electrons. The number of alkyl halides is 3. The fourth-order valence-corrected chi connectivity index (χ4v) is 4.02. The molecule has 1 saturated heterocycles. The number of benzene rings is 3. The van der Waals surface area contributed by atoms with E-state index in [0.29, 0.717) is 5.75 Å². The minimum atomic E-state index is -4.69. The topological polar surface area (TPSA) is 96.3 Å². The van der Waals surface area contributed by atoms with Gasteiger partial charge in [-0.25, -0.2) is 0 Å². The number of halogens is 3. The average Bonchev–Trinajstić information content (AvgIpc) is 3.13. The molecule has 1 heterocycles. The Bertz CT molecular complexity index is 1360. The number of carbonyl (C=O) groups is 2. The van der Waals surface area contributed by atoms with Crippen LogP contribution in [-0.2, 0) is 15.8 Å². The maximum Gasteiger partial charge on any atom is 0.416 e. The second kappa shape index (κ2) is 9.29. The number of hydrogen-bond donors (Lipinski definition) is 2. The number of anilines is 1.